The van der Waals surface area contributed by atoms with E-state index in [1.54, 1.807) is 26.0 Å². The molecule has 0 saturated carbocycles. The number of nitro groups is 1. The standard InChI is InChI=1S/C13H18N2O4/c1-10(2)19-13(16)9-14-8-7-11-3-5-12(6-4-11)15(17)18/h3-6,10,14H,7-9H2,1-2H3. The fourth-order valence-corrected chi connectivity index (χ4v) is 1.51. The molecule has 0 aliphatic carbocycles. The SMILES string of the molecule is CC(C)OC(=O)CNCCc1ccc([N+](=O)[O-])cc1. The number of carbonyl (C=O) groups is 1. The Labute approximate surface area is 111 Å². The molecule has 0 aromatic heterocycles. The third kappa shape index (κ3) is 5.96. The Kier molecular flexibility index (Phi) is 5.95. The maximum absolute atomic E-state index is 11.2. The quantitative estimate of drug-likeness (QED) is 0.351. The monoisotopic (exact) mass is 266 g/mol. The van der Waals surface area contributed by atoms with Crippen LogP contribution in [0, 0.1) is 10.1 Å². The highest BCUT2D eigenvalue weighted by Gasteiger charge is 2.05. The summed E-state index contributed by atoms with van der Waals surface area (Å²) in [7, 11) is 0. The Hall–Kier alpha value is -1.95. The first kappa shape index (κ1) is 15.1. The van der Waals surface area contributed by atoms with Crippen LogP contribution in [0.5, 0.6) is 0 Å². The lowest BCUT2D eigenvalue weighted by atomic mass is 10.1. The van der Waals surface area contributed by atoms with E-state index < -0.39 is 4.92 Å². The molecule has 0 unspecified atom stereocenters. The number of non-ortho nitro benzene ring substituents is 1. The number of nitrogens with zero attached hydrogens (tertiary/aromatic N) is 1. The predicted molar refractivity (Wildman–Crippen MR) is 70.9 cm³/mol. The summed E-state index contributed by atoms with van der Waals surface area (Å²) in [6, 6.07) is 6.38. The number of hydrogen-bond acceptors (Lipinski definition) is 5. The van der Waals surface area contributed by atoms with E-state index in [9.17, 15) is 14.9 Å². The van der Waals surface area contributed by atoms with E-state index in [2.05, 4.69) is 5.32 Å². The number of esters is 1. The van der Waals surface area contributed by atoms with E-state index in [4.69, 9.17) is 4.74 Å². The molecule has 6 nitrogen and oxygen atoms in total. The van der Waals surface area contributed by atoms with Crippen molar-refractivity contribution in [3.63, 3.8) is 0 Å². The summed E-state index contributed by atoms with van der Waals surface area (Å²) in [6.07, 6.45) is 0.594. The Balaban J connectivity index is 2.26. The molecule has 0 amide bonds. The largest absolute Gasteiger partial charge is 0.462 e. The van der Waals surface area contributed by atoms with Gasteiger partial charge in [0, 0.05) is 12.1 Å². The molecule has 1 N–H and O–H groups in total. The van der Waals surface area contributed by atoms with Crippen molar-refractivity contribution in [1.82, 2.24) is 5.32 Å². The molecule has 0 aliphatic rings. The van der Waals surface area contributed by atoms with Gasteiger partial charge in [-0.2, -0.15) is 0 Å². The third-order valence-electron chi connectivity index (χ3n) is 2.37. The van der Waals surface area contributed by atoms with Gasteiger partial charge in [-0.1, -0.05) is 12.1 Å². The van der Waals surface area contributed by atoms with Crippen molar-refractivity contribution in [2.24, 2.45) is 0 Å². The number of hydrogen-bond donors (Lipinski definition) is 1. The lowest BCUT2D eigenvalue weighted by Gasteiger charge is -2.08. The van der Waals surface area contributed by atoms with Crippen LogP contribution in [0.3, 0.4) is 0 Å². The fourth-order valence-electron chi connectivity index (χ4n) is 1.51. The minimum absolute atomic E-state index is 0.0808. The van der Waals surface area contributed by atoms with Crippen molar-refractivity contribution in [1.29, 1.82) is 0 Å². The molecule has 0 saturated heterocycles. The van der Waals surface area contributed by atoms with E-state index in [0.717, 1.165) is 5.56 Å². The molecular formula is C13H18N2O4. The van der Waals surface area contributed by atoms with Crippen molar-refractivity contribution in [3.05, 3.63) is 39.9 Å². The van der Waals surface area contributed by atoms with Crippen molar-refractivity contribution in [2.75, 3.05) is 13.1 Å². The molecule has 0 spiro atoms. The molecule has 19 heavy (non-hydrogen) atoms. The van der Waals surface area contributed by atoms with E-state index in [-0.39, 0.29) is 24.3 Å². The molecule has 104 valence electrons. The zero-order valence-electron chi connectivity index (χ0n) is 11.1. The molecule has 1 rings (SSSR count). The van der Waals surface area contributed by atoms with Crippen molar-refractivity contribution in [3.8, 4) is 0 Å². The second-order valence-corrected chi connectivity index (χ2v) is 4.39. The van der Waals surface area contributed by atoms with Crippen molar-refractivity contribution < 1.29 is 14.5 Å². The van der Waals surface area contributed by atoms with Crippen LogP contribution in [0.15, 0.2) is 24.3 Å². The van der Waals surface area contributed by atoms with E-state index in [1.165, 1.54) is 12.1 Å². The van der Waals surface area contributed by atoms with Crippen molar-refractivity contribution in [2.45, 2.75) is 26.4 Å². The van der Waals surface area contributed by atoms with Crippen LogP contribution in [0.2, 0.25) is 0 Å². The van der Waals surface area contributed by atoms with Gasteiger partial charge in [0.15, 0.2) is 0 Å². The second-order valence-electron chi connectivity index (χ2n) is 4.39. The maximum atomic E-state index is 11.2. The van der Waals surface area contributed by atoms with Crippen LogP contribution in [0.25, 0.3) is 0 Å². The smallest absolute Gasteiger partial charge is 0.320 e. The highest BCUT2D eigenvalue weighted by molar-refractivity contribution is 5.71. The first-order chi connectivity index (χ1) is 8.99. The zero-order chi connectivity index (χ0) is 14.3. The van der Waals surface area contributed by atoms with Gasteiger partial charge in [-0.05, 0) is 32.4 Å². The van der Waals surface area contributed by atoms with Gasteiger partial charge in [-0.3, -0.25) is 14.9 Å². The topological polar surface area (TPSA) is 81.5 Å². The van der Waals surface area contributed by atoms with Crippen LogP contribution < -0.4 is 5.32 Å². The molecule has 0 atom stereocenters. The first-order valence-electron chi connectivity index (χ1n) is 6.12. The van der Waals surface area contributed by atoms with Gasteiger partial charge < -0.3 is 10.1 Å². The van der Waals surface area contributed by atoms with Crippen LogP contribution in [-0.2, 0) is 16.0 Å². The lowest BCUT2D eigenvalue weighted by molar-refractivity contribution is -0.384. The molecule has 0 fully saturated rings. The molecule has 1 aromatic carbocycles. The first-order valence-corrected chi connectivity index (χ1v) is 6.12. The van der Waals surface area contributed by atoms with E-state index >= 15 is 0 Å². The molecule has 1 aromatic rings. The number of nitrogens with one attached hydrogen (secondary N) is 1. The molecule has 0 heterocycles. The second kappa shape index (κ2) is 7.48. The predicted octanol–water partition coefficient (Wildman–Crippen LogP) is 1.68. The summed E-state index contributed by atoms with van der Waals surface area (Å²) >= 11 is 0. The number of rotatable bonds is 7. The lowest BCUT2D eigenvalue weighted by Crippen LogP contribution is -2.28. The van der Waals surface area contributed by atoms with Crippen molar-refractivity contribution >= 4 is 11.7 Å². The Bertz CT molecular complexity index is 429. The number of carbonyl (C=O) groups excluding carboxylic acids is 1. The molecule has 0 bridgehead atoms. The van der Waals surface area contributed by atoms with Crippen LogP contribution >= 0.6 is 0 Å². The Morgan fingerprint density at radius 3 is 2.53 bits per heavy atom. The normalized spacial score (nSPS) is 10.5. The van der Waals surface area contributed by atoms with Gasteiger partial charge >= 0.3 is 5.97 Å². The van der Waals surface area contributed by atoms with Gasteiger partial charge in [-0.25, -0.2) is 0 Å². The summed E-state index contributed by atoms with van der Waals surface area (Å²) in [5.41, 5.74) is 1.06. The van der Waals surface area contributed by atoms with Gasteiger partial charge in [0.1, 0.15) is 0 Å². The highest BCUT2D eigenvalue weighted by atomic mass is 16.6. The van der Waals surface area contributed by atoms with Crippen LogP contribution in [-0.4, -0.2) is 30.1 Å². The summed E-state index contributed by atoms with van der Waals surface area (Å²) in [6.45, 7) is 4.39. The molecular weight excluding hydrogens is 248 g/mol. The summed E-state index contributed by atoms with van der Waals surface area (Å²) in [4.78, 5) is 21.3. The fraction of sp³-hybridized carbons (Fsp3) is 0.462. The van der Waals surface area contributed by atoms with Gasteiger partial charge in [0.05, 0.1) is 17.6 Å². The zero-order valence-corrected chi connectivity index (χ0v) is 11.1. The summed E-state index contributed by atoms with van der Waals surface area (Å²) in [5.74, 6) is -0.279. The van der Waals surface area contributed by atoms with Crippen LogP contribution in [0.1, 0.15) is 19.4 Å². The van der Waals surface area contributed by atoms with E-state index in [1.807, 2.05) is 0 Å². The molecule has 0 radical (unpaired) electrons. The van der Waals surface area contributed by atoms with Crippen LogP contribution in [0.4, 0.5) is 5.69 Å². The summed E-state index contributed by atoms with van der Waals surface area (Å²) in [5, 5.41) is 13.4. The number of benzene rings is 1. The summed E-state index contributed by atoms with van der Waals surface area (Å²) < 4.78 is 4.97. The minimum Gasteiger partial charge on any atom is -0.462 e. The highest BCUT2D eigenvalue weighted by Crippen LogP contribution is 2.11. The Morgan fingerprint density at radius 1 is 1.37 bits per heavy atom. The van der Waals surface area contributed by atoms with E-state index in [0.29, 0.717) is 13.0 Å². The minimum atomic E-state index is -0.427. The van der Waals surface area contributed by atoms with Gasteiger partial charge in [-0.15, -0.1) is 0 Å². The Morgan fingerprint density at radius 2 is 2.00 bits per heavy atom. The molecule has 6 heteroatoms. The number of ether oxygens (including phenoxy) is 1. The average Bonchev–Trinajstić information content (AvgIpc) is 2.34. The number of nitro benzene ring substituents is 1. The molecule has 0 aliphatic heterocycles. The van der Waals surface area contributed by atoms with Gasteiger partial charge in [0.25, 0.3) is 5.69 Å². The maximum Gasteiger partial charge on any atom is 0.320 e. The third-order valence-corrected chi connectivity index (χ3v) is 2.37. The van der Waals surface area contributed by atoms with Gasteiger partial charge in [0.2, 0.25) is 0 Å². The average molecular weight is 266 g/mol.